The number of likely N-dealkylation sites (N-methyl/N-ethyl adjacent to an activating group) is 1. The number of hydrogen-bond acceptors (Lipinski definition) is 4. The van der Waals surface area contributed by atoms with Crippen LogP contribution in [0, 0.1) is 6.92 Å². The first kappa shape index (κ1) is 9.51. The highest BCUT2D eigenvalue weighted by atomic mass is 16.3. The Bertz CT molecular complexity index is 471. The van der Waals surface area contributed by atoms with E-state index in [0.29, 0.717) is 11.5 Å². The Kier molecular flexibility index (Phi) is 2.07. The summed E-state index contributed by atoms with van der Waals surface area (Å²) in [5.74, 6) is 1.37. The molecule has 0 aromatic carbocycles. The molecule has 78 valence electrons. The Balaban J connectivity index is 2.33. The molecule has 1 aliphatic rings. The molecule has 0 bridgehead atoms. The minimum absolute atomic E-state index is 0.203. The molecule has 0 saturated heterocycles. The molecule has 2 N–H and O–H groups in total. The topological polar surface area (TPSA) is 71.8 Å². The molecule has 1 aromatic heterocycles. The van der Waals surface area contributed by atoms with E-state index in [0.717, 1.165) is 5.76 Å². The monoisotopic (exact) mass is 205 g/mol. The summed E-state index contributed by atoms with van der Waals surface area (Å²) < 4.78 is 5.31. The molecule has 0 fully saturated rings. The van der Waals surface area contributed by atoms with Crippen LogP contribution in [0.1, 0.15) is 11.5 Å². The first-order valence-electron chi connectivity index (χ1n) is 4.48. The maximum Gasteiger partial charge on any atom is 0.279 e. The second kappa shape index (κ2) is 3.27. The summed E-state index contributed by atoms with van der Waals surface area (Å²) in [6.45, 7) is 1.84. The van der Waals surface area contributed by atoms with Crippen LogP contribution >= 0.6 is 0 Å². The predicted octanol–water partition coefficient (Wildman–Crippen LogP) is 0.716. The summed E-state index contributed by atoms with van der Waals surface area (Å²) >= 11 is 0. The zero-order chi connectivity index (χ0) is 11.0. The molecule has 2 heterocycles. The number of carbonyl (C=O) groups excluding carboxylic acids is 1. The van der Waals surface area contributed by atoms with Gasteiger partial charge in [0.2, 0.25) is 5.96 Å². The number of guanidine groups is 1. The summed E-state index contributed by atoms with van der Waals surface area (Å²) in [5, 5.41) is 0. The van der Waals surface area contributed by atoms with E-state index >= 15 is 0 Å². The Morgan fingerprint density at radius 2 is 2.27 bits per heavy atom. The molecule has 1 amide bonds. The quantitative estimate of drug-likeness (QED) is 0.686. The fourth-order valence-corrected chi connectivity index (χ4v) is 1.28. The van der Waals surface area contributed by atoms with Crippen LogP contribution in [0.4, 0.5) is 0 Å². The third-order valence-corrected chi connectivity index (χ3v) is 2.14. The average Bonchev–Trinajstić information content (AvgIpc) is 2.68. The molecule has 5 nitrogen and oxygen atoms in total. The van der Waals surface area contributed by atoms with Crippen LogP contribution in [-0.4, -0.2) is 23.8 Å². The fourth-order valence-electron chi connectivity index (χ4n) is 1.28. The van der Waals surface area contributed by atoms with E-state index in [2.05, 4.69) is 4.99 Å². The Hall–Kier alpha value is -2.04. The minimum Gasteiger partial charge on any atom is -0.462 e. The van der Waals surface area contributed by atoms with Gasteiger partial charge in [-0.2, -0.15) is 0 Å². The number of furan rings is 1. The molecular weight excluding hydrogens is 194 g/mol. The third-order valence-electron chi connectivity index (χ3n) is 2.14. The molecule has 1 aliphatic heterocycles. The molecule has 1 aromatic rings. The number of carbonyl (C=O) groups is 1. The van der Waals surface area contributed by atoms with Gasteiger partial charge in [0.15, 0.2) is 0 Å². The lowest BCUT2D eigenvalue weighted by Crippen LogP contribution is -2.33. The van der Waals surface area contributed by atoms with E-state index in [1.807, 2.05) is 13.0 Å². The molecule has 15 heavy (non-hydrogen) atoms. The van der Waals surface area contributed by atoms with Crippen molar-refractivity contribution in [2.75, 3.05) is 7.05 Å². The average molecular weight is 205 g/mol. The first-order chi connectivity index (χ1) is 7.08. The normalized spacial score (nSPS) is 18.8. The van der Waals surface area contributed by atoms with Crippen LogP contribution in [0.25, 0.3) is 6.08 Å². The van der Waals surface area contributed by atoms with E-state index in [1.54, 1.807) is 19.2 Å². The first-order valence-corrected chi connectivity index (χ1v) is 4.48. The standard InChI is InChI=1S/C10H11N3O2/c1-6-3-4-7(15-6)5-8-9(14)13(2)10(11)12-8/h3-5H,1-2H3,(H2,11,12)/b8-5-. The molecule has 0 saturated carbocycles. The van der Waals surface area contributed by atoms with E-state index in [4.69, 9.17) is 10.2 Å². The number of hydrogen-bond donors (Lipinski definition) is 1. The van der Waals surface area contributed by atoms with Gasteiger partial charge in [-0.25, -0.2) is 4.99 Å². The van der Waals surface area contributed by atoms with E-state index in [-0.39, 0.29) is 11.9 Å². The second-order valence-corrected chi connectivity index (χ2v) is 3.31. The smallest absolute Gasteiger partial charge is 0.279 e. The zero-order valence-electron chi connectivity index (χ0n) is 8.52. The highest BCUT2D eigenvalue weighted by Gasteiger charge is 2.24. The number of aliphatic imine (C=N–C) groups is 1. The molecule has 0 radical (unpaired) electrons. The number of rotatable bonds is 1. The van der Waals surface area contributed by atoms with Crippen molar-refractivity contribution < 1.29 is 9.21 Å². The van der Waals surface area contributed by atoms with Crippen molar-refractivity contribution in [1.29, 1.82) is 0 Å². The molecule has 0 atom stereocenters. The van der Waals surface area contributed by atoms with Crippen molar-refractivity contribution >= 4 is 17.9 Å². The predicted molar refractivity (Wildman–Crippen MR) is 55.8 cm³/mol. The Morgan fingerprint density at radius 1 is 1.53 bits per heavy atom. The lowest BCUT2D eigenvalue weighted by Gasteiger charge is -2.05. The molecule has 2 rings (SSSR count). The lowest BCUT2D eigenvalue weighted by atomic mass is 10.3. The molecular formula is C10H11N3O2. The van der Waals surface area contributed by atoms with Crippen molar-refractivity contribution in [3.05, 3.63) is 29.4 Å². The van der Waals surface area contributed by atoms with Crippen molar-refractivity contribution in [3.63, 3.8) is 0 Å². The van der Waals surface area contributed by atoms with Gasteiger partial charge in [0.05, 0.1) is 0 Å². The Labute approximate surface area is 86.9 Å². The number of amides is 1. The van der Waals surface area contributed by atoms with Gasteiger partial charge in [0, 0.05) is 13.1 Å². The van der Waals surface area contributed by atoms with Crippen LogP contribution in [0.2, 0.25) is 0 Å². The summed E-state index contributed by atoms with van der Waals surface area (Å²) in [6, 6.07) is 3.60. The highest BCUT2D eigenvalue weighted by molar-refractivity contribution is 6.12. The van der Waals surface area contributed by atoms with Crippen molar-refractivity contribution in [2.45, 2.75) is 6.92 Å². The van der Waals surface area contributed by atoms with Crippen LogP contribution in [0.3, 0.4) is 0 Å². The second-order valence-electron chi connectivity index (χ2n) is 3.31. The summed E-state index contributed by atoms with van der Waals surface area (Å²) in [7, 11) is 1.58. The highest BCUT2D eigenvalue weighted by Crippen LogP contribution is 2.16. The van der Waals surface area contributed by atoms with Gasteiger partial charge >= 0.3 is 0 Å². The van der Waals surface area contributed by atoms with Gasteiger partial charge in [-0.3, -0.25) is 9.69 Å². The van der Waals surface area contributed by atoms with Gasteiger partial charge < -0.3 is 10.2 Å². The number of nitrogens with zero attached hydrogens (tertiary/aromatic N) is 2. The lowest BCUT2D eigenvalue weighted by molar-refractivity contribution is -0.121. The van der Waals surface area contributed by atoms with Crippen molar-refractivity contribution in [2.24, 2.45) is 10.7 Å². The fraction of sp³-hybridized carbons (Fsp3) is 0.200. The summed E-state index contributed by atoms with van der Waals surface area (Å²) in [4.78, 5) is 16.8. The van der Waals surface area contributed by atoms with Crippen LogP contribution in [0.5, 0.6) is 0 Å². The van der Waals surface area contributed by atoms with Gasteiger partial charge in [-0.15, -0.1) is 0 Å². The maximum absolute atomic E-state index is 11.5. The number of nitrogens with two attached hydrogens (primary N) is 1. The zero-order valence-corrected chi connectivity index (χ0v) is 8.52. The van der Waals surface area contributed by atoms with E-state index < -0.39 is 0 Å². The summed E-state index contributed by atoms with van der Waals surface area (Å²) in [5.41, 5.74) is 5.80. The number of aryl methyl sites for hydroxylation is 1. The van der Waals surface area contributed by atoms with Crippen LogP contribution in [-0.2, 0) is 4.79 Å². The molecule has 5 heteroatoms. The largest absolute Gasteiger partial charge is 0.462 e. The van der Waals surface area contributed by atoms with Crippen molar-refractivity contribution in [1.82, 2.24) is 4.90 Å². The van der Waals surface area contributed by atoms with Crippen molar-refractivity contribution in [3.8, 4) is 0 Å². The van der Waals surface area contributed by atoms with Crippen LogP contribution < -0.4 is 5.73 Å². The van der Waals surface area contributed by atoms with E-state index in [9.17, 15) is 4.79 Å². The minimum atomic E-state index is -0.221. The van der Waals surface area contributed by atoms with Crippen LogP contribution in [0.15, 0.2) is 27.2 Å². The molecule has 0 unspecified atom stereocenters. The van der Waals surface area contributed by atoms with Gasteiger partial charge in [0.1, 0.15) is 17.2 Å². The molecule has 0 aliphatic carbocycles. The third kappa shape index (κ3) is 1.63. The van der Waals surface area contributed by atoms with Gasteiger partial charge in [-0.1, -0.05) is 0 Å². The molecule has 0 spiro atoms. The Morgan fingerprint density at radius 3 is 2.73 bits per heavy atom. The maximum atomic E-state index is 11.5. The van der Waals surface area contributed by atoms with Gasteiger partial charge in [-0.05, 0) is 19.1 Å². The SMILES string of the molecule is Cc1ccc(/C=C2\N=C(N)N(C)C2=O)o1. The van der Waals surface area contributed by atoms with E-state index in [1.165, 1.54) is 4.90 Å². The summed E-state index contributed by atoms with van der Waals surface area (Å²) in [6.07, 6.45) is 1.58. The van der Waals surface area contributed by atoms with Gasteiger partial charge in [0.25, 0.3) is 5.91 Å².